The minimum absolute atomic E-state index is 0.509. The molecule has 1 aliphatic carbocycles. The van der Waals surface area contributed by atoms with Crippen LogP contribution in [0, 0.1) is 6.92 Å². The molecule has 0 aliphatic heterocycles. The predicted octanol–water partition coefficient (Wildman–Crippen LogP) is 3.48. The molecule has 15 heavy (non-hydrogen) atoms. The molecule has 1 unspecified atom stereocenters. The summed E-state index contributed by atoms with van der Waals surface area (Å²) in [4.78, 5) is 0. The summed E-state index contributed by atoms with van der Waals surface area (Å²) in [5.74, 6) is 0. The minimum Gasteiger partial charge on any atom is -0.305 e. The Kier molecular flexibility index (Phi) is 3.27. The number of rotatable bonds is 3. The Morgan fingerprint density at radius 2 is 2.40 bits per heavy atom. The Labute approximate surface area is 99.7 Å². The van der Waals surface area contributed by atoms with Gasteiger partial charge < -0.3 is 5.32 Å². The van der Waals surface area contributed by atoms with E-state index in [-0.39, 0.29) is 0 Å². The fourth-order valence-electron chi connectivity index (χ4n) is 2.17. The largest absolute Gasteiger partial charge is 0.305 e. The summed E-state index contributed by atoms with van der Waals surface area (Å²) in [7, 11) is 0. The van der Waals surface area contributed by atoms with Crippen LogP contribution >= 0.6 is 15.9 Å². The van der Waals surface area contributed by atoms with Crippen LogP contribution in [0.4, 0.5) is 0 Å². The molecular weight excluding hydrogens is 250 g/mol. The Hall–Kier alpha value is -0.600. The molecule has 2 heteroatoms. The number of aryl methyl sites for hydroxylation is 2. The van der Waals surface area contributed by atoms with Gasteiger partial charge in [0, 0.05) is 17.1 Å². The molecule has 80 valence electrons. The second-order valence-electron chi connectivity index (χ2n) is 4.19. The quantitative estimate of drug-likeness (QED) is 0.883. The van der Waals surface area contributed by atoms with Gasteiger partial charge >= 0.3 is 0 Å². The maximum absolute atomic E-state index is 3.84. The Morgan fingerprint density at radius 3 is 3.13 bits per heavy atom. The van der Waals surface area contributed by atoms with Gasteiger partial charge in [0.15, 0.2) is 0 Å². The maximum Gasteiger partial charge on any atom is 0.0329 e. The van der Waals surface area contributed by atoms with E-state index in [9.17, 15) is 0 Å². The summed E-state index contributed by atoms with van der Waals surface area (Å²) < 4.78 is 1.02. The van der Waals surface area contributed by atoms with E-state index in [1.165, 1.54) is 29.5 Å². The normalized spacial score (nSPS) is 18.9. The smallest absolute Gasteiger partial charge is 0.0329 e. The Balaban J connectivity index is 2.13. The van der Waals surface area contributed by atoms with Gasteiger partial charge in [-0.15, -0.1) is 0 Å². The number of fused-ring (bicyclic) bond motifs is 1. The first-order valence-electron chi connectivity index (χ1n) is 5.33. The maximum atomic E-state index is 3.84. The molecule has 0 radical (unpaired) electrons. The van der Waals surface area contributed by atoms with E-state index < -0.39 is 0 Å². The van der Waals surface area contributed by atoms with Crippen LogP contribution in [0.3, 0.4) is 0 Å². The highest BCUT2D eigenvalue weighted by Gasteiger charge is 2.21. The molecule has 0 saturated heterocycles. The van der Waals surface area contributed by atoms with Gasteiger partial charge in [0.05, 0.1) is 0 Å². The molecule has 0 heterocycles. The highest BCUT2D eigenvalue weighted by molar-refractivity contribution is 9.11. The zero-order chi connectivity index (χ0) is 10.8. The molecule has 1 aromatic carbocycles. The summed E-state index contributed by atoms with van der Waals surface area (Å²) in [6.45, 7) is 6.84. The van der Waals surface area contributed by atoms with Gasteiger partial charge in [0.25, 0.3) is 0 Å². The van der Waals surface area contributed by atoms with E-state index >= 15 is 0 Å². The first-order chi connectivity index (χ1) is 7.16. The van der Waals surface area contributed by atoms with Gasteiger partial charge in [-0.1, -0.05) is 46.3 Å². The Bertz CT molecular complexity index is 384. The third kappa shape index (κ3) is 2.50. The number of benzene rings is 1. The van der Waals surface area contributed by atoms with Crippen LogP contribution in [0.25, 0.3) is 0 Å². The molecule has 1 nitrogen and oxygen atoms in total. The molecule has 1 aromatic rings. The summed E-state index contributed by atoms with van der Waals surface area (Å²) in [6.07, 6.45) is 2.40. The first-order valence-corrected chi connectivity index (χ1v) is 6.12. The van der Waals surface area contributed by atoms with Crippen molar-refractivity contribution in [2.24, 2.45) is 0 Å². The molecule has 0 fully saturated rings. The molecular formula is C13H16BrN. The lowest BCUT2D eigenvalue weighted by Crippen LogP contribution is -2.20. The van der Waals surface area contributed by atoms with Gasteiger partial charge in [-0.05, 0) is 30.9 Å². The van der Waals surface area contributed by atoms with Crippen LogP contribution < -0.4 is 5.32 Å². The van der Waals surface area contributed by atoms with Crippen molar-refractivity contribution in [3.05, 3.63) is 46.0 Å². The molecule has 0 saturated carbocycles. The monoisotopic (exact) mass is 265 g/mol. The van der Waals surface area contributed by atoms with Crippen molar-refractivity contribution in [1.29, 1.82) is 0 Å². The second-order valence-corrected chi connectivity index (χ2v) is 5.31. The van der Waals surface area contributed by atoms with E-state index in [4.69, 9.17) is 0 Å². The SMILES string of the molecule is C=C(Br)CNC1CCc2ccc(C)cc21. The molecule has 1 aliphatic rings. The van der Waals surface area contributed by atoms with Crippen molar-refractivity contribution in [3.63, 3.8) is 0 Å². The van der Waals surface area contributed by atoms with E-state index in [1.807, 2.05) is 0 Å². The molecule has 0 bridgehead atoms. The molecule has 1 atom stereocenters. The van der Waals surface area contributed by atoms with E-state index in [0.29, 0.717) is 6.04 Å². The van der Waals surface area contributed by atoms with E-state index in [0.717, 1.165) is 11.0 Å². The number of hydrogen-bond donors (Lipinski definition) is 1. The van der Waals surface area contributed by atoms with Crippen LogP contribution in [0.1, 0.15) is 29.2 Å². The van der Waals surface area contributed by atoms with Crippen LogP contribution in [0.5, 0.6) is 0 Å². The average Bonchev–Trinajstić information content (AvgIpc) is 2.57. The van der Waals surface area contributed by atoms with Crippen molar-refractivity contribution in [1.82, 2.24) is 5.32 Å². The van der Waals surface area contributed by atoms with E-state index in [1.54, 1.807) is 0 Å². The highest BCUT2D eigenvalue weighted by atomic mass is 79.9. The highest BCUT2D eigenvalue weighted by Crippen LogP contribution is 2.31. The first kappa shape index (κ1) is 10.9. The van der Waals surface area contributed by atoms with Gasteiger partial charge in [-0.2, -0.15) is 0 Å². The minimum atomic E-state index is 0.509. The van der Waals surface area contributed by atoms with Gasteiger partial charge in [0.2, 0.25) is 0 Å². The Morgan fingerprint density at radius 1 is 1.60 bits per heavy atom. The molecule has 0 spiro atoms. The summed E-state index contributed by atoms with van der Waals surface area (Å²) in [6, 6.07) is 7.27. The topological polar surface area (TPSA) is 12.0 Å². The van der Waals surface area contributed by atoms with Crippen molar-refractivity contribution in [3.8, 4) is 0 Å². The molecule has 0 amide bonds. The summed E-state index contributed by atoms with van der Waals surface area (Å²) in [5.41, 5.74) is 4.32. The van der Waals surface area contributed by atoms with E-state index in [2.05, 4.69) is 52.9 Å². The zero-order valence-electron chi connectivity index (χ0n) is 9.02. The molecule has 1 N–H and O–H groups in total. The lowest BCUT2D eigenvalue weighted by atomic mass is 10.1. The van der Waals surface area contributed by atoms with Crippen molar-refractivity contribution < 1.29 is 0 Å². The van der Waals surface area contributed by atoms with Crippen LogP contribution in [0.2, 0.25) is 0 Å². The molecule has 2 rings (SSSR count). The fraction of sp³-hybridized carbons (Fsp3) is 0.385. The standard InChI is InChI=1S/C13H16BrN/c1-9-3-4-11-5-6-13(12(11)7-9)15-8-10(2)14/h3-4,7,13,15H,2,5-6,8H2,1H3. The third-order valence-corrected chi connectivity index (χ3v) is 3.20. The fourth-order valence-corrected chi connectivity index (χ4v) is 2.33. The average molecular weight is 266 g/mol. The number of nitrogens with one attached hydrogen (secondary N) is 1. The second kappa shape index (κ2) is 4.50. The van der Waals surface area contributed by atoms with Crippen LogP contribution in [-0.4, -0.2) is 6.54 Å². The summed E-state index contributed by atoms with van der Waals surface area (Å²) >= 11 is 3.38. The van der Waals surface area contributed by atoms with Crippen molar-refractivity contribution >= 4 is 15.9 Å². The summed E-state index contributed by atoms with van der Waals surface area (Å²) in [5, 5.41) is 3.52. The van der Waals surface area contributed by atoms with Gasteiger partial charge in [-0.3, -0.25) is 0 Å². The number of halogens is 1. The zero-order valence-corrected chi connectivity index (χ0v) is 10.6. The van der Waals surface area contributed by atoms with Gasteiger partial charge in [-0.25, -0.2) is 0 Å². The molecule has 0 aromatic heterocycles. The van der Waals surface area contributed by atoms with Crippen molar-refractivity contribution in [2.75, 3.05) is 6.54 Å². The lowest BCUT2D eigenvalue weighted by Gasteiger charge is -2.13. The number of hydrogen-bond acceptors (Lipinski definition) is 1. The van der Waals surface area contributed by atoms with Crippen LogP contribution in [-0.2, 0) is 6.42 Å². The predicted molar refractivity (Wildman–Crippen MR) is 68.3 cm³/mol. The van der Waals surface area contributed by atoms with Crippen molar-refractivity contribution in [2.45, 2.75) is 25.8 Å². The lowest BCUT2D eigenvalue weighted by molar-refractivity contribution is 0.562. The van der Waals surface area contributed by atoms with Crippen LogP contribution in [0.15, 0.2) is 29.3 Å². The van der Waals surface area contributed by atoms with Gasteiger partial charge in [0.1, 0.15) is 0 Å². The third-order valence-electron chi connectivity index (χ3n) is 2.92.